The zero-order valence-corrected chi connectivity index (χ0v) is 19.8. The molecule has 1 aliphatic carbocycles. The lowest BCUT2D eigenvalue weighted by Crippen LogP contribution is -2.24. The fourth-order valence-corrected chi connectivity index (χ4v) is 4.81. The van der Waals surface area contributed by atoms with Gasteiger partial charge in [-0.05, 0) is 42.5 Å². The number of hydrogen-bond donors (Lipinski definition) is 0. The second kappa shape index (κ2) is 10.1. The monoisotopic (exact) mass is 477 g/mol. The van der Waals surface area contributed by atoms with Gasteiger partial charge in [0, 0.05) is 4.88 Å². The Morgan fingerprint density at radius 2 is 1.91 bits per heavy atom. The summed E-state index contributed by atoms with van der Waals surface area (Å²) in [5.41, 5.74) is 3.58. The van der Waals surface area contributed by atoms with Gasteiger partial charge in [0.05, 0.1) is 30.7 Å². The molecule has 4 rings (SSSR count). The maximum Gasteiger partial charge on any atom is 0.356 e. The van der Waals surface area contributed by atoms with Gasteiger partial charge in [0.1, 0.15) is 11.9 Å². The molecule has 0 aliphatic heterocycles. The maximum atomic E-state index is 13.4. The van der Waals surface area contributed by atoms with E-state index in [1.807, 2.05) is 49.4 Å². The van der Waals surface area contributed by atoms with Crippen molar-refractivity contribution in [1.29, 1.82) is 5.26 Å². The van der Waals surface area contributed by atoms with E-state index in [1.165, 1.54) is 11.3 Å². The summed E-state index contributed by atoms with van der Waals surface area (Å²) in [7, 11) is 0. The third-order valence-corrected chi connectivity index (χ3v) is 6.88. The van der Waals surface area contributed by atoms with Crippen LogP contribution in [-0.2, 0) is 22.5 Å². The summed E-state index contributed by atoms with van der Waals surface area (Å²) in [6.07, 6.45) is -0.365. The number of aryl methyl sites for hydroxylation is 1. The lowest BCUT2D eigenvalue weighted by molar-refractivity contribution is -0.119. The molecule has 1 amide bonds. The fourth-order valence-electron chi connectivity index (χ4n) is 3.75. The van der Waals surface area contributed by atoms with Crippen LogP contribution in [0.5, 0.6) is 0 Å². The SMILES string of the molecule is CCOC(=O)c1c(CC)sc(=NC(=O)[C@@H]2C[C@H]2F)n1Cc1ccc(-c2ccccc2C#N)cc1. The van der Waals surface area contributed by atoms with Crippen molar-refractivity contribution >= 4 is 23.2 Å². The first-order valence-corrected chi connectivity index (χ1v) is 12.0. The number of hydrogen-bond acceptors (Lipinski definition) is 5. The number of benzene rings is 2. The third kappa shape index (κ3) is 4.85. The minimum Gasteiger partial charge on any atom is -0.461 e. The zero-order valence-electron chi connectivity index (χ0n) is 19.0. The lowest BCUT2D eigenvalue weighted by atomic mass is 9.99. The van der Waals surface area contributed by atoms with Gasteiger partial charge >= 0.3 is 5.97 Å². The first-order valence-electron chi connectivity index (χ1n) is 11.2. The van der Waals surface area contributed by atoms with Crippen LogP contribution in [-0.4, -0.2) is 29.2 Å². The molecule has 0 spiro atoms. The number of carbonyl (C=O) groups is 2. The zero-order chi connectivity index (χ0) is 24.2. The van der Waals surface area contributed by atoms with E-state index in [4.69, 9.17) is 4.74 Å². The topological polar surface area (TPSA) is 84.4 Å². The second-order valence-electron chi connectivity index (χ2n) is 7.98. The Hall–Kier alpha value is -3.57. The van der Waals surface area contributed by atoms with Crippen molar-refractivity contribution in [3.8, 4) is 17.2 Å². The summed E-state index contributed by atoms with van der Waals surface area (Å²) < 4.78 is 20.4. The number of carbonyl (C=O) groups excluding carboxylic acids is 2. The number of aromatic nitrogens is 1. The Morgan fingerprint density at radius 1 is 1.21 bits per heavy atom. The van der Waals surface area contributed by atoms with Crippen LogP contribution in [0.25, 0.3) is 11.1 Å². The van der Waals surface area contributed by atoms with E-state index in [9.17, 15) is 19.2 Å². The van der Waals surface area contributed by atoms with Crippen LogP contribution in [0, 0.1) is 17.2 Å². The molecule has 0 radical (unpaired) electrons. The Morgan fingerprint density at radius 3 is 2.53 bits per heavy atom. The molecule has 1 aromatic heterocycles. The van der Waals surface area contributed by atoms with Gasteiger partial charge in [-0.1, -0.05) is 49.4 Å². The molecular weight excluding hydrogens is 453 g/mol. The third-order valence-electron chi connectivity index (χ3n) is 5.66. The average Bonchev–Trinajstić information content (AvgIpc) is 3.49. The van der Waals surface area contributed by atoms with Crippen molar-refractivity contribution < 1.29 is 18.7 Å². The van der Waals surface area contributed by atoms with Crippen molar-refractivity contribution in [3.05, 3.63) is 75.0 Å². The Bertz CT molecular complexity index is 1330. The van der Waals surface area contributed by atoms with E-state index in [-0.39, 0.29) is 13.0 Å². The van der Waals surface area contributed by atoms with Crippen LogP contribution in [0.3, 0.4) is 0 Å². The Labute approximate surface area is 201 Å². The normalized spacial score (nSPS) is 17.3. The smallest absolute Gasteiger partial charge is 0.356 e. The molecule has 6 nitrogen and oxygen atoms in total. The van der Waals surface area contributed by atoms with Crippen LogP contribution >= 0.6 is 11.3 Å². The molecule has 2 aromatic carbocycles. The van der Waals surface area contributed by atoms with Crippen molar-refractivity contribution in [2.45, 2.75) is 39.4 Å². The van der Waals surface area contributed by atoms with E-state index >= 15 is 0 Å². The molecule has 0 bridgehead atoms. The molecule has 8 heteroatoms. The highest BCUT2D eigenvalue weighted by Gasteiger charge is 2.43. The molecule has 1 saturated carbocycles. The number of alkyl halides is 1. The Kier molecular flexibility index (Phi) is 7.03. The van der Waals surface area contributed by atoms with Crippen LogP contribution < -0.4 is 4.80 Å². The van der Waals surface area contributed by atoms with E-state index in [1.54, 1.807) is 17.6 Å². The highest BCUT2D eigenvalue weighted by molar-refractivity contribution is 7.09. The molecule has 0 saturated heterocycles. The maximum absolute atomic E-state index is 13.4. The second-order valence-corrected chi connectivity index (χ2v) is 9.04. The largest absolute Gasteiger partial charge is 0.461 e. The minimum atomic E-state index is -1.14. The van der Waals surface area contributed by atoms with Crippen LogP contribution in [0.4, 0.5) is 4.39 Å². The minimum absolute atomic E-state index is 0.199. The van der Waals surface area contributed by atoms with Crippen molar-refractivity contribution in [1.82, 2.24) is 4.57 Å². The highest BCUT2D eigenvalue weighted by atomic mass is 32.1. The predicted molar refractivity (Wildman–Crippen MR) is 127 cm³/mol. The lowest BCUT2D eigenvalue weighted by Gasteiger charge is -2.11. The van der Waals surface area contributed by atoms with Crippen molar-refractivity contribution in [2.24, 2.45) is 10.9 Å². The quantitative estimate of drug-likeness (QED) is 0.463. The molecular formula is C26H24FN3O3S. The standard InChI is InChI=1S/C26H24FN3O3S/c1-3-22-23(25(32)33-4-2)30(26(34-22)29-24(31)20-13-21(20)27)15-16-9-11-17(12-10-16)19-8-6-5-7-18(19)14-28/h5-12,20-21H,3-4,13,15H2,1-2H3/t20-,21-/m1/s1. The van der Waals surface area contributed by atoms with Gasteiger partial charge in [-0.25, -0.2) is 9.18 Å². The summed E-state index contributed by atoms with van der Waals surface area (Å²) >= 11 is 1.26. The van der Waals surface area contributed by atoms with Crippen LogP contribution in [0.15, 0.2) is 53.5 Å². The van der Waals surface area contributed by atoms with Gasteiger partial charge in [-0.3, -0.25) is 4.79 Å². The van der Waals surface area contributed by atoms with E-state index in [0.29, 0.717) is 29.0 Å². The number of ether oxygens (including phenoxy) is 1. The molecule has 1 aliphatic rings. The molecule has 0 N–H and O–H groups in total. The summed E-state index contributed by atoms with van der Waals surface area (Å²) in [4.78, 5) is 30.5. The van der Waals surface area contributed by atoms with Gasteiger partial charge in [0.2, 0.25) is 0 Å². The van der Waals surface area contributed by atoms with E-state index in [0.717, 1.165) is 21.6 Å². The average molecular weight is 478 g/mol. The van der Waals surface area contributed by atoms with Gasteiger partial charge < -0.3 is 9.30 Å². The number of rotatable bonds is 7. The number of thiazole rings is 1. The molecule has 1 fully saturated rings. The molecule has 2 atom stereocenters. The molecule has 174 valence electrons. The van der Waals surface area contributed by atoms with Gasteiger partial charge in [0.25, 0.3) is 5.91 Å². The molecule has 0 unspecified atom stereocenters. The molecule has 34 heavy (non-hydrogen) atoms. The van der Waals surface area contributed by atoms with E-state index in [2.05, 4.69) is 11.1 Å². The first kappa shape index (κ1) is 23.6. The van der Waals surface area contributed by atoms with Crippen molar-refractivity contribution in [3.63, 3.8) is 0 Å². The van der Waals surface area contributed by atoms with E-state index < -0.39 is 24.0 Å². The van der Waals surface area contributed by atoms with Crippen LogP contribution in [0.1, 0.15) is 46.8 Å². The van der Waals surface area contributed by atoms with Crippen LogP contribution in [0.2, 0.25) is 0 Å². The number of nitriles is 1. The molecule has 1 heterocycles. The number of halogens is 1. The number of nitrogens with zero attached hydrogens (tertiary/aromatic N) is 3. The van der Waals surface area contributed by atoms with Crippen molar-refractivity contribution in [2.75, 3.05) is 6.61 Å². The summed E-state index contributed by atoms with van der Waals surface area (Å²) in [5.74, 6) is -1.66. The summed E-state index contributed by atoms with van der Waals surface area (Å²) in [6.45, 7) is 4.17. The number of amides is 1. The Balaban J connectivity index is 1.73. The van der Waals surface area contributed by atoms with Gasteiger partial charge in [-0.15, -0.1) is 11.3 Å². The predicted octanol–water partition coefficient (Wildman–Crippen LogP) is 4.66. The first-order chi connectivity index (χ1) is 16.5. The summed E-state index contributed by atoms with van der Waals surface area (Å²) in [6, 6.07) is 17.3. The summed E-state index contributed by atoms with van der Waals surface area (Å²) in [5, 5.41) is 9.39. The molecule has 3 aromatic rings. The number of esters is 1. The fraction of sp³-hybridized carbons (Fsp3) is 0.308. The van der Waals surface area contributed by atoms with Gasteiger partial charge in [0.15, 0.2) is 4.80 Å². The highest BCUT2D eigenvalue weighted by Crippen LogP contribution is 2.34. The van der Waals surface area contributed by atoms with Gasteiger partial charge in [-0.2, -0.15) is 10.3 Å².